The van der Waals surface area contributed by atoms with Crippen molar-refractivity contribution in [1.29, 1.82) is 0 Å². The smallest absolute Gasteiger partial charge is 0.224 e. The molecule has 140 valence electrons. The van der Waals surface area contributed by atoms with Gasteiger partial charge in [-0.3, -0.25) is 4.79 Å². The van der Waals surface area contributed by atoms with E-state index in [1.54, 1.807) is 26.4 Å². The van der Waals surface area contributed by atoms with E-state index < -0.39 is 10.0 Å². The van der Waals surface area contributed by atoms with Gasteiger partial charge in [0.25, 0.3) is 0 Å². The summed E-state index contributed by atoms with van der Waals surface area (Å²) in [5.74, 6) is 1.48. The third-order valence-corrected chi connectivity index (χ3v) is 5.75. The maximum Gasteiger partial charge on any atom is 0.224 e. The van der Waals surface area contributed by atoms with Crippen molar-refractivity contribution in [3.63, 3.8) is 0 Å². The minimum Gasteiger partial charge on any atom is -0.493 e. The monoisotopic (exact) mass is 370 g/mol. The first-order valence-corrected chi connectivity index (χ1v) is 10.1. The highest BCUT2D eigenvalue weighted by Crippen LogP contribution is 2.27. The minimum absolute atomic E-state index is 0.0576. The number of benzene rings is 1. The van der Waals surface area contributed by atoms with Gasteiger partial charge in [0, 0.05) is 19.6 Å². The molecule has 1 aromatic carbocycles. The Labute approximate surface area is 149 Å². The molecule has 1 saturated heterocycles. The van der Waals surface area contributed by atoms with Crippen LogP contribution in [0.25, 0.3) is 0 Å². The van der Waals surface area contributed by atoms with Crippen LogP contribution in [0.4, 0.5) is 0 Å². The fraction of sp³-hybridized carbons (Fsp3) is 0.588. The van der Waals surface area contributed by atoms with E-state index >= 15 is 0 Å². The fourth-order valence-electron chi connectivity index (χ4n) is 2.94. The zero-order valence-corrected chi connectivity index (χ0v) is 15.8. The van der Waals surface area contributed by atoms with Crippen LogP contribution in [-0.4, -0.2) is 58.7 Å². The Hall–Kier alpha value is -1.80. The van der Waals surface area contributed by atoms with Gasteiger partial charge in [0.2, 0.25) is 15.9 Å². The number of carbonyl (C=O) groups is 1. The molecular formula is C17H26N2O5S. The van der Waals surface area contributed by atoms with Crippen LogP contribution < -0.4 is 14.8 Å². The molecule has 1 heterocycles. The number of nitrogens with zero attached hydrogens (tertiary/aromatic N) is 1. The SMILES string of the molecule is COc1ccc(CC(=O)NCC2CCN(S(C)(=O)=O)CC2)cc1OC. The summed E-state index contributed by atoms with van der Waals surface area (Å²) in [6, 6.07) is 5.41. The number of amides is 1. The maximum absolute atomic E-state index is 12.1. The van der Waals surface area contributed by atoms with Crippen molar-refractivity contribution in [2.75, 3.05) is 40.1 Å². The van der Waals surface area contributed by atoms with Crippen LogP contribution in [0.5, 0.6) is 11.5 Å². The Kier molecular flexibility index (Phi) is 6.66. The van der Waals surface area contributed by atoms with Gasteiger partial charge in [-0.15, -0.1) is 0 Å². The lowest BCUT2D eigenvalue weighted by molar-refractivity contribution is -0.120. The van der Waals surface area contributed by atoms with E-state index in [0.717, 1.165) is 18.4 Å². The molecule has 0 bridgehead atoms. The molecule has 1 aliphatic rings. The number of piperidine rings is 1. The number of sulfonamides is 1. The highest BCUT2D eigenvalue weighted by Gasteiger charge is 2.25. The van der Waals surface area contributed by atoms with E-state index in [-0.39, 0.29) is 12.3 Å². The molecule has 8 heteroatoms. The third kappa shape index (κ3) is 5.61. The van der Waals surface area contributed by atoms with Gasteiger partial charge in [-0.2, -0.15) is 0 Å². The van der Waals surface area contributed by atoms with Crippen molar-refractivity contribution >= 4 is 15.9 Å². The molecule has 1 aromatic rings. The highest BCUT2D eigenvalue weighted by atomic mass is 32.2. The van der Waals surface area contributed by atoms with Crippen LogP contribution in [-0.2, 0) is 21.2 Å². The number of hydrogen-bond acceptors (Lipinski definition) is 5. The zero-order chi connectivity index (χ0) is 18.4. The number of methoxy groups -OCH3 is 2. The standard InChI is InChI=1S/C17H26N2O5S/c1-23-15-5-4-14(10-16(15)24-2)11-17(20)18-12-13-6-8-19(9-7-13)25(3,21)22/h4-5,10,13H,6-9,11-12H2,1-3H3,(H,18,20). The summed E-state index contributed by atoms with van der Waals surface area (Å²) in [6.07, 6.45) is 3.04. The van der Waals surface area contributed by atoms with Gasteiger partial charge < -0.3 is 14.8 Å². The van der Waals surface area contributed by atoms with E-state index in [9.17, 15) is 13.2 Å². The topological polar surface area (TPSA) is 84.9 Å². The Morgan fingerprint density at radius 3 is 2.40 bits per heavy atom. The molecule has 2 rings (SSSR count). The van der Waals surface area contributed by atoms with Crippen molar-refractivity contribution in [3.05, 3.63) is 23.8 Å². The second kappa shape index (κ2) is 8.53. The molecule has 7 nitrogen and oxygen atoms in total. The molecule has 1 N–H and O–H groups in total. The summed E-state index contributed by atoms with van der Waals surface area (Å²) in [5, 5.41) is 2.94. The molecule has 25 heavy (non-hydrogen) atoms. The van der Waals surface area contributed by atoms with Crippen LogP contribution in [0.15, 0.2) is 18.2 Å². The number of nitrogens with one attached hydrogen (secondary N) is 1. The molecule has 0 atom stereocenters. The number of hydrogen-bond donors (Lipinski definition) is 1. The first-order chi connectivity index (χ1) is 11.8. The van der Waals surface area contributed by atoms with Crippen LogP contribution >= 0.6 is 0 Å². The summed E-state index contributed by atoms with van der Waals surface area (Å²) in [5.41, 5.74) is 0.849. The molecule has 1 fully saturated rings. The molecular weight excluding hydrogens is 344 g/mol. The Balaban J connectivity index is 1.80. The second-order valence-electron chi connectivity index (χ2n) is 6.28. The highest BCUT2D eigenvalue weighted by molar-refractivity contribution is 7.88. The van der Waals surface area contributed by atoms with Gasteiger partial charge in [0.1, 0.15) is 0 Å². The van der Waals surface area contributed by atoms with Crippen molar-refractivity contribution < 1.29 is 22.7 Å². The van der Waals surface area contributed by atoms with E-state index in [4.69, 9.17) is 9.47 Å². The Morgan fingerprint density at radius 1 is 1.20 bits per heavy atom. The van der Waals surface area contributed by atoms with Gasteiger partial charge in [-0.05, 0) is 36.5 Å². The fourth-order valence-corrected chi connectivity index (χ4v) is 3.82. The van der Waals surface area contributed by atoms with Crippen molar-refractivity contribution in [2.24, 2.45) is 5.92 Å². The molecule has 1 aliphatic heterocycles. The zero-order valence-electron chi connectivity index (χ0n) is 14.9. The molecule has 1 amide bonds. The summed E-state index contributed by atoms with van der Waals surface area (Å²) >= 11 is 0. The van der Waals surface area contributed by atoms with E-state index in [1.165, 1.54) is 10.6 Å². The summed E-state index contributed by atoms with van der Waals surface area (Å²) < 4.78 is 34.9. The van der Waals surface area contributed by atoms with Gasteiger partial charge in [-0.25, -0.2) is 12.7 Å². The van der Waals surface area contributed by atoms with Crippen molar-refractivity contribution in [3.8, 4) is 11.5 Å². The number of carbonyl (C=O) groups excluding carboxylic acids is 1. The largest absolute Gasteiger partial charge is 0.493 e. The first-order valence-electron chi connectivity index (χ1n) is 8.26. The van der Waals surface area contributed by atoms with E-state index in [0.29, 0.717) is 37.1 Å². The normalized spacial score (nSPS) is 16.4. The lowest BCUT2D eigenvalue weighted by Crippen LogP contribution is -2.41. The lowest BCUT2D eigenvalue weighted by atomic mass is 9.98. The van der Waals surface area contributed by atoms with Gasteiger partial charge >= 0.3 is 0 Å². The summed E-state index contributed by atoms with van der Waals surface area (Å²) in [4.78, 5) is 12.1. The third-order valence-electron chi connectivity index (χ3n) is 4.44. The van der Waals surface area contributed by atoms with Crippen LogP contribution in [0, 0.1) is 5.92 Å². The second-order valence-corrected chi connectivity index (χ2v) is 8.26. The molecule has 0 spiro atoms. The summed E-state index contributed by atoms with van der Waals surface area (Å²) in [6.45, 7) is 1.62. The van der Waals surface area contributed by atoms with Gasteiger partial charge in [-0.1, -0.05) is 6.07 Å². The van der Waals surface area contributed by atoms with E-state index in [2.05, 4.69) is 5.32 Å². The quantitative estimate of drug-likeness (QED) is 0.775. The average molecular weight is 370 g/mol. The van der Waals surface area contributed by atoms with Crippen molar-refractivity contribution in [2.45, 2.75) is 19.3 Å². The van der Waals surface area contributed by atoms with E-state index in [1.807, 2.05) is 6.07 Å². The average Bonchev–Trinajstić information content (AvgIpc) is 2.59. The number of ether oxygens (including phenoxy) is 2. The maximum atomic E-state index is 12.1. The van der Waals surface area contributed by atoms with Gasteiger partial charge in [0.15, 0.2) is 11.5 Å². The molecule has 0 aromatic heterocycles. The number of rotatable bonds is 7. The lowest BCUT2D eigenvalue weighted by Gasteiger charge is -2.30. The van der Waals surface area contributed by atoms with Crippen molar-refractivity contribution in [1.82, 2.24) is 9.62 Å². The molecule has 0 radical (unpaired) electrons. The predicted molar refractivity (Wildman–Crippen MR) is 95.4 cm³/mol. The Morgan fingerprint density at radius 2 is 1.84 bits per heavy atom. The minimum atomic E-state index is -3.11. The van der Waals surface area contributed by atoms with Crippen LogP contribution in [0.1, 0.15) is 18.4 Å². The summed E-state index contributed by atoms with van der Waals surface area (Å²) in [7, 11) is 0.0190. The van der Waals surface area contributed by atoms with Crippen LogP contribution in [0.3, 0.4) is 0 Å². The Bertz CT molecular complexity index is 697. The van der Waals surface area contributed by atoms with Gasteiger partial charge in [0.05, 0.1) is 26.9 Å². The molecule has 0 aliphatic carbocycles. The first kappa shape index (κ1) is 19.5. The molecule has 0 unspecified atom stereocenters. The predicted octanol–water partition coefficient (Wildman–Crippen LogP) is 1.03. The molecule has 0 saturated carbocycles. The van der Waals surface area contributed by atoms with Crippen LogP contribution in [0.2, 0.25) is 0 Å².